The van der Waals surface area contributed by atoms with Crippen molar-refractivity contribution in [1.82, 2.24) is 0 Å². The van der Waals surface area contributed by atoms with E-state index in [2.05, 4.69) is 58.0 Å². The van der Waals surface area contributed by atoms with Crippen molar-refractivity contribution < 1.29 is 0 Å². The summed E-state index contributed by atoms with van der Waals surface area (Å²) in [5.74, 6) is 0. The van der Waals surface area contributed by atoms with Crippen molar-refractivity contribution in [2.24, 2.45) is 0 Å². The van der Waals surface area contributed by atoms with Crippen molar-refractivity contribution in [3.8, 4) is 0 Å². The van der Waals surface area contributed by atoms with E-state index in [4.69, 9.17) is 5.41 Å². The molecule has 96 valence electrons. The lowest BCUT2D eigenvalue weighted by molar-refractivity contribution is 1.13. The Labute approximate surface area is 111 Å². The zero-order valence-corrected chi connectivity index (χ0v) is 11.9. The molecule has 0 amide bonds. The summed E-state index contributed by atoms with van der Waals surface area (Å²) in [6, 6.07) is 8.40. The Morgan fingerprint density at radius 2 is 1.72 bits per heavy atom. The van der Waals surface area contributed by atoms with Crippen molar-refractivity contribution >= 4 is 5.71 Å². The molecular weight excluding hydrogens is 218 g/mol. The first-order valence-electron chi connectivity index (χ1n) is 6.49. The first-order chi connectivity index (χ1) is 8.51. The maximum Gasteiger partial charge on any atom is 0.0360 e. The fraction of sp³-hybridized carbons (Fsp3) is 0.353. The molecule has 0 unspecified atom stereocenters. The summed E-state index contributed by atoms with van der Waals surface area (Å²) in [7, 11) is 0. The summed E-state index contributed by atoms with van der Waals surface area (Å²) in [5.41, 5.74) is 5.65. The van der Waals surface area contributed by atoms with Gasteiger partial charge in [-0.05, 0) is 44.4 Å². The molecule has 0 radical (unpaired) electrons. The minimum atomic E-state index is 0.674. The van der Waals surface area contributed by atoms with Crippen molar-refractivity contribution in [2.45, 2.75) is 40.5 Å². The van der Waals surface area contributed by atoms with Crippen LogP contribution in [0.15, 0.2) is 47.6 Å². The smallest absolute Gasteiger partial charge is 0.0360 e. The third-order valence-electron chi connectivity index (χ3n) is 2.76. The van der Waals surface area contributed by atoms with E-state index in [0.717, 1.165) is 6.42 Å². The third kappa shape index (κ3) is 5.13. The molecule has 0 aromatic heterocycles. The van der Waals surface area contributed by atoms with Gasteiger partial charge in [-0.15, -0.1) is 0 Å². The molecule has 0 spiro atoms. The van der Waals surface area contributed by atoms with E-state index in [1.807, 2.05) is 6.08 Å². The van der Waals surface area contributed by atoms with E-state index in [1.54, 1.807) is 0 Å². The average molecular weight is 241 g/mol. The first kappa shape index (κ1) is 14.4. The largest absolute Gasteiger partial charge is 0.305 e. The molecule has 0 aliphatic rings. The van der Waals surface area contributed by atoms with Gasteiger partial charge in [0.05, 0.1) is 0 Å². The molecule has 0 aliphatic carbocycles. The fourth-order valence-electron chi connectivity index (χ4n) is 1.82. The van der Waals surface area contributed by atoms with Gasteiger partial charge in [0.15, 0.2) is 0 Å². The molecule has 1 nitrogen and oxygen atoms in total. The number of nitrogens with one attached hydrogen (secondary N) is 1. The molecule has 0 bridgehead atoms. The Kier molecular flexibility index (Phi) is 5.57. The number of hydrogen-bond acceptors (Lipinski definition) is 1. The van der Waals surface area contributed by atoms with Gasteiger partial charge in [0.1, 0.15) is 0 Å². The molecule has 0 heterocycles. The minimum Gasteiger partial charge on any atom is -0.305 e. The van der Waals surface area contributed by atoms with Crippen molar-refractivity contribution in [3.05, 3.63) is 58.7 Å². The van der Waals surface area contributed by atoms with E-state index in [9.17, 15) is 0 Å². The number of rotatable bonds is 5. The topological polar surface area (TPSA) is 23.9 Å². The number of allylic oxidation sites excluding steroid dienone is 4. The highest BCUT2D eigenvalue weighted by Gasteiger charge is 1.98. The normalized spacial score (nSPS) is 11.2. The van der Waals surface area contributed by atoms with Crippen LogP contribution in [0, 0.1) is 12.3 Å². The lowest BCUT2D eigenvalue weighted by Gasteiger charge is -2.03. The SMILES string of the molecule is CC/C(C=C(C)C)=C/C(=N)Cc1ccc(C)cc1. The van der Waals surface area contributed by atoms with Crippen molar-refractivity contribution in [1.29, 1.82) is 5.41 Å². The summed E-state index contributed by atoms with van der Waals surface area (Å²) in [5, 5.41) is 8.05. The van der Waals surface area contributed by atoms with Crippen molar-refractivity contribution in [2.75, 3.05) is 0 Å². The molecule has 18 heavy (non-hydrogen) atoms. The highest BCUT2D eigenvalue weighted by atomic mass is 14.4. The maximum absolute atomic E-state index is 8.05. The second-order valence-corrected chi connectivity index (χ2v) is 4.98. The van der Waals surface area contributed by atoms with Gasteiger partial charge in [-0.2, -0.15) is 0 Å². The van der Waals surface area contributed by atoms with Crippen LogP contribution >= 0.6 is 0 Å². The molecule has 1 N–H and O–H groups in total. The standard InChI is InChI=1S/C17H23N/c1-5-15(10-13(2)3)11-17(18)12-16-8-6-14(4)7-9-16/h6-11,18H,5,12H2,1-4H3/b15-11-,18-17?. The van der Waals surface area contributed by atoms with Crippen LogP contribution in [0.5, 0.6) is 0 Å². The fourth-order valence-corrected chi connectivity index (χ4v) is 1.82. The summed E-state index contributed by atoms with van der Waals surface area (Å²) in [6.07, 6.45) is 5.83. The van der Waals surface area contributed by atoms with Crippen molar-refractivity contribution in [3.63, 3.8) is 0 Å². The summed E-state index contributed by atoms with van der Waals surface area (Å²) < 4.78 is 0. The zero-order chi connectivity index (χ0) is 13.5. The molecule has 0 fully saturated rings. The van der Waals surface area contributed by atoms with Crippen LogP contribution in [0.3, 0.4) is 0 Å². The zero-order valence-electron chi connectivity index (χ0n) is 11.9. The molecule has 0 saturated carbocycles. The Morgan fingerprint density at radius 3 is 2.22 bits per heavy atom. The minimum absolute atomic E-state index is 0.674. The van der Waals surface area contributed by atoms with Gasteiger partial charge in [-0.25, -0.2) is 0 Å². The number of aryl methyl sites for hydroxylation is 1. The monoisotopic (exact) mass is 241 g/mol. The molecule has 0 atom stereocenters. The summed E-state index contributed by atoms with van der Waals surface area (Å²) in [6.45, 7) is 8.39. The van der Waals surface area contributed by atoms with E-state index in [-0.39, 0.29) is 0 Å². The quantitative estimate of drug-likeness (QED) is 0.562. The van der Waals surface area contributed by atoms with Gasteiger partial charge in [0.2, 0.25) is 0 Å². The molecule has 1 aromatic carbocycles. The number of benzene rings is 1. The molecular formula is C17H23N. The molecule has 1 heteroatoms. The highest BCUT2D eigenvalue weighted by Crippen LogP contribution is 2.09. The van der Waals surface area contributed by atoms with Crippen LogP contribution in [0.1, 0.15) is 38.3 Å². The predicted octanol–water partition coefficient (Wildman–Crippen LogP) is 4.86. The Balaban J connectivity index is 2.73. The second kappa shape index (κ2) is 6.95. The maximum atomic E-state index is 8.05. The average Bonchev–Trinajstić information content (AvgIpc) is 2.30. The second-order valence-electron chi connectivity index (χ2n) is 4.98. The Bertz CT molecular complexity index is 457. The molecule has 1 aromatic rings. The number of hydrogen-bond donors (Lipinski definition) is 1. The Hall–Kier alpha value is -1.63. The van der Waals surface area contributed by atoms with Gasteiger partial charge < -0.3 is 5.41 Å². The predicted molar refractivity (Wildman–Crippen MR) is 80.4 cm³/mol. The van der Waals surface area contributed by atoms with Crippen LogP contribution in [0.4, 0.5) is 0 Å². The summed E-state index contributed by atoms with van der Waals surface area (Å²) >= 11 is 0. The van der Waals surface area contributed by atoms with Gasteiger partial charge >= 0.3 is 0 Å². The lowest BCUT2D eigenvalue weighted by atomic mass is 10.0. The van der Waals surface area contributed by atoms with Gasteiger partial charge in [0, 0.05) is 12.1 Å². The Morgan fingerprint density at radius 1 is 1.11 bits per heavy atom. The van der Waals surface area contributed by atoms with Gasteiger partial charge in [0.25, 0.3) is 0 Å². The van der Waals surface area contributed by atoms with Gasteiger partial charge in [-0.3, -0.25) is 0 Å². The highest BCUT2D eigenvalue weighted by molar-refractivity contribution is 5.94. The van der Waals surface area contributed by atoms with E-state index in [0.29, 0.717) is 12.1 Å². The third-order valence-corrected chi connectivity index (χ3v) is 2.76. The molecule has 0 saturated heterocycles. The van der Waals surface area contributed by atoms with E-state index >= 15 is 0 Å². The van der Waals surface area contributed by atoms with E-state index < -0.39 is 0 Å². The molecule has 0 aliphatic heterocycles. The van der Waals surface area contributed by atoms with Crippen LogP contribution in [-0.2, 0) is 6.42 Å². The summed E-state index contributed by atoms with van der Waals surface area (Å²) in [4.78, 5) is 0. The van der Waals surface area contributed by atoms with E-state index in [1.165, 1.54) is 22.3 Å². The van der Waals surface area contributed by atoms with Gasteiger partial charge in [-0.1, -0.05) is 48.4 Å². The lowest BCUT2D eigenvalue weighted by Crippen LogP contribution is -1.99. The van der Waals surface area contributed by atoms with Crippen LogP contribution in [0.25, 0.3) is 0 Å². The molecule has 1 rings (SSSR count). The van der Waals surface area contributed by atoms with Crippen LogP contribution in [-0.4, -0.2) is 5.71 Å². The van der Waals surface area contributed by atoms with Crippen LogP contribution < -0.4 is 0 Å². The van der Waals surface area contributed by atoms with Crippen LogP contribution in [0.2, 0.25) is 0 Å². The first-order valence-corrected chi connectivity index (χ1v) is 6.49.